The van der Waals surface area contributed by atoms with Crippen LogP contribution in [0.4, 0.5) is 10.5 Å². The lowest BCUT2D eigenvalue weighted by Gasteiger charge is -2.07. The molecule has 5 nitrogen and oxygen atoms in total. The Hall–Kier alpha value is -3.08. The zero-order chi connectivity index (χ0) is 16.8. The molecule has 0 saturated carbocycles. The van der Waals surface area contributed by atoms with E-state index in [9.17, 15) is 4.79 Å². The number of hydrogen-bond acceptors (Lipinski definition) is 3. The lowest BCUT2D eigenvalue weighted by Crippen LogP contribution is -2.30. The molecule has 5 heteroatoms. The molecule has 0 fully saturated rings. The van der Waals surface area contributed by atoms with Crippen LogP contribution in [0.15, 0.2) is 65.1 Å². The second-order valence-corrected chi connectivity index (χ2v) is 5.37. The molecule has 3 rings (SSSR count). The summed E-state index contributed by atoms with van der Waals surface area (Å²) in [6, 6.07) is 19.0. The quantitative estimate of drug-likeness (QED) is 0.746. The molecule has 0 bridgehead atoms. The third kappa shape index (κ3) is 4.01. The van der Waals surface area contributed by atoms with Gasteiger partial charge in [0.2, 0.25) is 0 Å². The summed E-state index contributed by atoms with van der Waals surface area (Å²) in [6.45, 7) is 2.29. The highest BCUT2D eigenvalue weighted by Gasteiger charge is 2.13. The number of hydrogen-bond donors (Lipinski definition) is 2. The summed E-state index contributed by atoms with van der Waals surface area (Å²) in [6.07, 6.45) is 0.577. The number of aromatic nitrogens is 1. The van der Waals surface area contributed by atoms with Gasteiger partial charge in [-0.15, -0.1) is 0 Å². The Morgan fingerprint density at radius 3 is 2.42 bits per heavy atom. The van der Waals surface area contributed by atoms with E-state index in [1.165, 1.54) is 0 Å². The van der Waals surface area contributed by atoms with E-state index in [-0.39, 0.29) is 6.03 Å². The van der Waals surface area contributed by atoms with Crippen molar-refractivity contribution in [1.29, 1.82) is 0 Å². The second kappa shape index (κ2) is 7.46. The molecule has 0 spiro atoms. The van der Waals surface area contributed by atoms with Gasteiger partial charge in [-0.2, -0.15) is 0 Å². The maximum atomic E-state index is 11.9. The molecule has 2 aromatic carbocycles. The maximum Gasteiger partial charge on any atom is 0.319 e. The van der Waals surface area contributed by atoms with Crippen LogP contribution in [0, 0.1) is 6.92 Å². The SMILES string of the molecule is Cc1nc(-c2ccccc2)c(CCNC(=O)Nc2ccccc2)o1. The number of benzene rings is 2. The van der Waals surface area contributed by atoms with Gasteiger partial charge in [0.1, 0.15) is 11.5 Å². The van der Waals surface area contributed by atoms with E-state index < -0.39 is 0 Å². The minimum atomic E-state index is -0.237. The van der Waals surface area contributed by atoms with Gasteiger partial charge in [-0.3, -0.25) is 0 Å². The summed E-state index contributed by atoms with van der Waals surface area (Å²) in [5, 5.41) is 5.61. The molecule has 24 heavy (non-hydrogen) atoms. The van der Waals surface area contributed by atoms with Gasteiger partial charge in [0, 0.05) is 31.1 Å². The Morgan fingerprint density at radius 1 is 1.04 bits per heavy atom. The topological polar surface area (TPSA) is 67.2 Å². The Morgan fingerprint density at radius 2 is 1.71 bits per heavy atom. The zero-order valence-corrected chi connectivity index (χ0v) is 13.5. The Bertz CT molecular complexity index is 798. The number of carbonyl (C=O) groups excluding carboxylic acids is 1. The Labute approximate surface area is 140 Å². The largest absolute Gasteiger partial charge is 0.445 e. The molecule has 0 unspecified atom stereocenters. The number of nitrogens with zero attached hydrogens (tertiary/aromatic N) is 1. The highest BCUT2D eigenvalue weighted by atomic mass is 16.4. The van der Waals surface area contributed by atoms with Crippen LogP contribution in [0.5, 0.6) is 0 Å². The third-order valence-electron chi connectivity index (χ3n) is 3.52. The molecule has 2 N–H and O–H groups in total. The van der Waals surface area contributed by atoms with E-state index in [0.717, 1.165) is 22.7 Å². The summed E-state index contributed by atoms with van der Waals surface area (Å²) < 4.78 is 5.69. The van der Waals surface area contributed by atoms with Gasteiger partial charge in [0.25, 0.3) is 0 Å². The van der Waals surface area contributed by atoms with E-state index in [4.69, 9.17) is 4.42 Å². The first-order chi connectivity index (χ1) is 11.7. The predicted octanol–water partition coefficient (Wildman–Crippen LogP) is 4.01. The fourth-order valence-corrected chi connectivity index (χ4v) is 2.45. The minimum absolute atomic E-state index is 0.237. The van der Waals surface area contributed by atoms with Crippen molar-refractivity contribution in [2.24, 2.45) is 0 Å². The van der Waals surface area contributed by atoms with E-state index in [0.29, 0.717) is 18.9 Å². The summed E-state index contributed by atoms with van der Waals surface area (Å²) in [7, 11) is 0. The van der Waals surface area contributed by atoms with Crippen molar-refractivity contribution in [2.75, 3.05) is 11.9 Å². The average molecular weight is 321 g/mol. The molecule has 0 aliphatic rings. The number of aryl methyl sites for hydroxylation is 1. The Kier molecular flexibility index (Phi) is 4.91. The van der Waals surface area contributed by atoms with Crippen LogP contribution < -0.4 is 10.6 Å². The van der Waals surface area contributed by atoms with Crippen molar-refractivity contribution >= 4 is 11.7 Å². The van der Waals surface area contributed by atoms with Crippen LogP contribution >= 0.6 is 0 Å². The highest BCUT2D eigenvalue weighted by Crippen LogP contribution is 2.23. The zero-order valence-electron chi connectivity index (χ0n) is 13.5. The smallest absolute Gasteiger partial charge is 0.319 e. The molecule has 0 saturated heterocycles. The first-order valence-electron chi connectivity index (χ1n) is 7.84. The normalized spacial score (nSPS) is 10.4. The molecular weight excluding hydrogens is 302 g/mol. The fraction of sp³-hybridized carbons (Fsp3) is 0.158. The molecular formula is C19H19N3O2. The van der Waals surface area contributed by atoms with Gasteiger partial charge in [0.15, 0.2) is 5.89 Å². The Balaban J connectivity index is 1.58. The van der Waals surface area contributed by atoms with Gasteiger partial charge in [-0.25, -0.2) is 9.78 Å². The highest BCUT2D eigenvalue weighted by molar-refractivity contribution is 5.89. The summed E-state index contributed by atoms with van der Waals surface area (Å²) in [5.74, 6) is 1.40. The van der Waals surface area contributed by atoms with Crippen molar-refractivity contribution in [3.8, 4) is 11.3 Å². The lowest BCUT2D eigenvalue weighted by atomic mass is 10.1. The first-order valence-corrected chi connectivity index (χ1v) is 7.84. The van der Waals surface area contributed by atoms with Crippen LogP contribution in [0.2, 0.25) is 0 Å². The van der Waals surface area contributed by atoms with E-state index >= 15 is 0 Å². The minimum Gasteiger partial charge on any atom is -0.445 e. The monoisotopic (exact) mass is 321 g/mol. The molecule has 0 aliphatic carbocycles. The lowest BCUT2D eigenvalue weighted by molar-refractivity contribution is 0.252. The molecule has 0 aliphatic heterocycles. The number of carbonyl (C=O) groups is 1. The molecule has 1 heterocycles. The standard InChI is InChI=1S/C19H19N3O2/c1-14-21-18(15-8-4-2-5-9-15)17(24-14)12-13-20-19(23)22-16-10-6-3-7-11-16/h2-11H,12-13H2,1H3,(H2,20,22,23). The molecule has 1 aromatic heterocycles. The van der Waals surface area contributed by atoms with Crippen LogP contribution in [0.3, 0.4) is 0 Å². The fourth-order valence-electron chi connectivity index (χ4n) is 2.45. The summed E-state index contributed by atoms with van der Waals surface area (Å²) in [5.41, 5.74) is 2.60. The number of nitrogens with one attached hydrogen (secondary N) is 2. The maximum absolute atomic E-state index is 11.9. The summed E-state index contributed by atoms with van der Waals surface area (Å²) >= 11 is 0. The molecule has 0 radical (unpaired) electrons. The van der Waals surface area contributed by atoms with Gasteiger partial charge in [-0.05, 0) is 12.1 Å². The van der Waals surface area contributed by atoms with Crippen molar-refractivity contribution in [3.63, 3.8) is 0 Å². The summed E-state index contributed by atoms with van der Waals surface area (Å²) in [4.78, 5) is 16.3. The second-order valence-electron chi connectivity index (χ2n) is 5.37. The van der Waals surface area contributed by atoms with Gasteiger partial charge in [0.05, 0.1) is 0 Å². The van der Waals surface area contributed by atoms with Crippen molar-refractivity contribution in [2.45, 2.75) is 13.3 Å². The number of amides is 2. The molecule has 3 aromatic rings. The van der Waals surface area contributed by atoms with Crippen LogP contribution in [-0.2, 0) is 6.42 Å². The number of urea groups is 1. The van der Waals surface area contributed by atoms with Crippen molar-refractivity contribution in [3.05, 3.63) is 72.3 Å². The first kappa shape index (κ1) is 15.8. The van der Waals surface area contributed by atoms with E-state index in [1.807, 2.05) is 67.6 Å². The van der Waals surface area contributed by atoms with Crippen LogP contribution in [-0.4, -0.2) is 17.6 Å². The predicted molar refractivity (Wildman–Crippen MR) is 93.8 cm³/mol. The van der Waals surface area contributed by atoms with Crippen molar-refractivity contribution in [1.82, 2.24) is 10.3 Å². The van der Waals surface area contributed by atoms with Crippen molar-refractivity contribution < 1.29 is 9.21 Å². The number of oxazole rings is 1. The molecule has 122 valence electrons. The van der Waals surface area contributed by atoms with Crippen LogP contribution in [0.25, 0.3) is 11.3 Å². The third-order valence-corrected chi connectivity index (χ3v) is 3.52. The van der Waals surface area contributed by atoms with Crippen LogP contribution in [0.1, 0.15) is 11.7 Å². The van der Waals surface area contributed by atoms with E-state index in [2.05, 4.69) is 15.6 Å². The number of anilines is 1. The van der Waals surface area contributed by atoms with Gasteiger partial charge in [-0.1, -0.05) is 48.5 Å². The van der Waals surface area contributed by atoms with Gasteiger partial charge < -0.3 is 15.1 Å². The molecule has 2 amide bonds. The van der Waals surface area contributed by atoms with E-state index in [1.54, 1.807) is 0 Å². The van der Waals surface area contributed by atoms with Gasteiger partial charge >= 0.3 is 6.03 Å². The number of rotatable bonds is 5. The molecule has 0 atom stereocenters. The average Bonchev–Trinajstić information content (AvgIpc) is 2.97. The number of para-hydroxylation sites is 1.